The highest BCUT2D eigenvalue weighted by Crippen LogP contribution is 2.26. The van der Waals surface area contributed by atoms with Crippen LogP contribution in [0.4, 0.5) is 0 Å². The van der Waals surface area contributed by atoms with Crippen molar-refractivity contribution in [1.29, 1.82) is 5.26 Å². The number of hydrogen-bond acceptors (Lipinski definition) is 4. The lowest BCUT2D eigenvalue weighted by Crippen LogP contribution is -2.07. The summed E-state index contributed by atoms with van der Waals surface area (Å²) in [6, 6.07) is 4.79. The van der Waals surface area contributed by atoms with E-state index in [4.69, 9.17) is 16.9 Å². The molecule has 0 atom stereocenters. The molecule has 5 heteroatoms. The van der Waals surface area contributed by atoms with Gasteiger partial charge < -0.3 is 9.84 Å². The van der Waals surface area contributed by atoms with Crippen LogP contribution in [0.2, 0.25) is 0 Å². The predicted octanol–water partition coefficient (Wildman–Crippen LogP) is 1.72. The number of alkyl halides is 1. The molecule has 0 fully saturated rings. The Labute approximate surface area is 98.0 Å². The topological polar surface area (TPSA) is 70.3 Å². The molecule has 0 aromatic heterocycles. The molecule has 0 bridgehead atoms. The molecule has 0 unspecified atom stereocenters. The summed E-state index contributed by atoms with van der Waals surface area (Å²) in [4.78, 5) is 11.1. The molecule has 1 aromatic rings. The number of aromatic hydroxyl groups is 1. The third-order valence-electron chi connectivity index (χ3n) is 2.21. The minimum absolute atomic E-state index is 0.0555. The maximum absolute atomic E-state index is 11.1. The van der Waals surface area contributed by atoms with Crippen molar-refractivity contribution in [2.45, 2.75) is 12.3 Å². The summed E-state index contributed by atoms with van der Waals surface area (Å²) in [5.74, 6) is -0.485. The molecule has 0 aliphatic carbocycles. The Balaban J connectivity index is 3.24. The molecule has 1 rings (SSSR count). The fourth-order valence-electron chi connectivity index (χ4n) is 1.35. The number of esters is 1. The lowest BCUT2D eigenvalue weighted by molar-refractivity contribution is -0.139. The van der Waals surface area contributed by atoms with E-state index in [0.717, 1.165) is 0 Å². The monoisotopic (exact) mass is 239 g/mol. The Bertz CT molecular complexity index is 451. The summed E-state index contributed by atoms with van der Waals surface area (Å²) in [5.41, 5.74) is 1.17. The summed E-state index contributed by atoms with van der Waals surface area (Å²) in [6.07, 6.45) is -0.0973. The van der Waals surface area contributed by atoms with Crippen molar-refractivity contribution in [1.82, 2.24) is 0 Å². The van der Waals surface area contributed by atoms with Crippen molar-refractivity contribution >= 4 is 17.6 Å². The van der Waals surface area contributed by atoms with Crippen LogP contribution in [-0.2, 0) is 21.8 Å². The van der Waals surface area contributed by atoms with Gasteiger partial charge in [-0.3, -0.25) is 4.79 Å². The van der Waals surface area contributed by atoms with E-state index in [0.29, 0.717) is 16.7 Å². The molecule has 0 saturated heterocycles. The quantitative estimate of drug-likeness (QED) is 0.644. The van der Waals surface area contributed by atoms with Crippen molar-refractivity contribution in [3.63, 3.8) is 0 Å². The number of carbonyl (C=O) groups is 1. The average Bonchev–Trinajstić information content (AvgIpc) is 2.31. The normalized spacial score (nSPS) is 9.56. The highest BCUT2D eigenvalue weighted by molar-refractivity contribution is 6.17. The number of methoxy groups -OCH3 is 1. The molecule has 0 aliphatic rings. The summed E-state index contributed by atoms with van der Waals surface area (Å²) in [6.45, 7) is 0. The molecule has 0 heterocycles. The lowest BCUT2D eigenvalue weighted by Gasteiger charge is -2.09. The number of rotatable bonds is 3. The maximum atomic E-state index is 11.1. The Morgan fingerprint density at radius 2 is 2.25 bits per heavy atom. The highest BCUT2D eigenvalue weighted by atomic mass is 35.5. The van der Waals surface area contributed by atoms with E-state index in [1.165, 1.54) is 19.2 Å². The minimum Gasteiger partial charge on any atom is -0.508 e. The molecular formula is C11H10ClNO3. The first-order valence-electron chi connectivity index (χ1n) is 4.50. The second-order valence-corrected chi connectivity index (χ2v) is 3.35. The van der Waals surface area contributed by atoms with Crippen LogP contribution < -0.4 is 0 Å². The van der Waals surface area contributed by atoms with Crippen molar-refractivity contribution < 1.29 is 14.6 Å². The van der Waals surface area contributed by atoms with Crippen LogP contribution in [0, 0.1) is 11.3 Å². The van der Waals surface area contributed by atoms with Crippen molar-refractivity contribution in [2.24, 2.45) is 0 Å². The second kappa shape index (κ2) is 5.38. The van der Waals surface area contributed by atoms with Gasteiger partial charge in [-0.2, -0.15) is 5.26 Å². The van der Waals surface area contributed by atoms with Crippen molar-refractivity contribution in [3.8, 4) is 11.8 Å². The van der Waals surface area contributed by atoms with Crippen LogP contribution in [0.15, 0.2) is 12.1 Å². The number of benzene rings is 1. The fourth-order valence-corrected chi connectivity index (χ4v) is 1.66. The number of halogens is 1. The molecule has 84 valence electrons. The second-order valence-electron chi connectivity index (χ2n) is 3.09. The van der Waals surface area contributed by atoms with Gasteiger partial charge in [-0.1, -0.05) is 0 Å². The first kappa shape index (κ1) is 12.3. The Morgan fingerprint density at radius 3 is 2.75 bits per heavy atom. The summed E-state index contributed by atoms with van der Waals surface area (Å²) in [7, 11) is 1.26. The Kier molecular flexibility index (Phi) is 4.15. The highest BCUT2D eigenvalue weighted by Gasteiger charge is 2.15. The maximum Gasteiger partial charge on any atom is 0.310 e. The molecule has 0 spiro atoms. The van der Waals surface area contributed by atoms with Gasteiger partial charge in [0, 0.05) is 11.4 Å². The van der Waals surface area contributed by atoms with Crippen LogP contribution in [0.5, 0.6) is 5.75 Å². The summed E-state index contributed by atoms with van der Waals surface area (Å²) < 4.78 is 4.51. The zero-order chi connectivity index (χ0) is 12.1. The van der Waals surface area contributed by atoms with Crippen molar-refractivity contribution in [3.05, 3.63) is 28.8 Å². The average molecular weight is 240 g/mol. The van der Waals surface area contributed by atoms with E-state index in [9.17, 15) is 9.90 Å². The largest absolute Gasteiger partial charge is 0.508 e. The summed E-state index contributed by atoms with van der Waals surface area (Å²) >= 11 is 5.70. The molecule has 1 aromatic carbocycles. The van der Waals surface area contributed by atoms with E-state index >= 15 is 0 Å². The minimum atomic E-state index is -0.489. The van der Waals surface area contributed by atoms with Crippen molar-refractivity contribution in [2.75, 3.05) is 7.11 Å². The standard InChI is InChI=1S/C11H10ClNO3/c1-16-11(15)4-8-9(5-12)7(6-13)2-3-10(8)14/h2-3,14H,4-5H2,1H3. The number of phenolic OH excluding ortho intramolecular Hbond substituents is 1. The van der Waals surface area contributed by atoms with Gasteiger partial charge in [-0.25, -0.2) is 0 Å². The molecule has 1 N–H and O–H groups in total. The van der Waals surface area contributed by atoms with Crippen LogP contribution >= 0.6 is 11.6 Å². The first-order valence-corrected chi connectivity index (χ1v) is 5.04. The summed E-state index contributed by atoms with van der Waals surface area (Å²) in [5, 5.41) is 18.5. The van der Waals surface area contributed by atoms with Gasteiger partial charge in [0.1, 0.15) is 5.75 Å². The van der Waals surface area contributed by atoms with E-state index in [1.807, 2.05) is 6.07 Å². The number of nitriles is 1. The zero-order valence-corrected chi connectivity index (χ0v) is 9.41. The van der Waals surface area contributed by atoms with E-state index in [1.54, 1.807) is 0 Å². The third kappa shape index (κ3) is 2.44. The molecule has 4 nitrogen and oxygen atoms in total. The molecule has 16 heavy (non-hydrogen) atoms. The van der Waals surface area contributed by atoms with E-state index < -0.39 is 5.97 Å². The first-order chi connectivity index (χ1) is 7.63. The fraction of sp³-hybridized carbons (Fsp3) is 0.273. The van der Waals surface area contributed by atoms with Gasteiger partial charge in [0.25, 0.3) is 0 Å². The van der Waals surface area contributed by atoms with E-state index in [-0.39, 0.29) is 18.1 Å². The lowest BCUT2D eigenvalue weighted by atomic mass is 9.99. The number of hydrogen-bond donors (Lipinski definition) is 1. The van der Waals surface area contributed by atoms with Crippen LogP contribution in [0.25, 0.3) is 0 Å². The third-order valence-corrected chi connectivity index (χ3v) is 2.48. The molecular weight excluding hydrogens is 230 g/mol. The van der Waals surface area contributed by atoms with Gasteiger partial charge >= 0.3 is 5.97 Å². The number of phenols is 1. The van der Waals surface area contributed by atoms with Crippen LogP contribution in [-0.4, -0.2) is 18.2 Å². The molecule has 0 radical (unpaired) electrons. The van der Waals surface area contributed by atoms with Gasteiger partial charge in [0.05, 0.1) is 25.2 Å². The van der Waals surface area contributed by atoms with Gasteiger partial charge in [0.2, 0.25) is 0 Å². The number of carbonyl (C=O) groups excluding carboxylic acids is 1. The van der Waals surface area contributed by atoms with Gasteiger partial charge in [-0.05, 0) is 17.7 Å². The number of nitrogens with zero attached hydrogens (tertiary/aromatic N) is 1. The zero-order valence-electron chi connectivity index (χ0n) is 8.66. The van der Waals surface area contributed by atoms with E-state index in [2.05, 4.69) is 4.74 Å². The van der Waals surface area contributed by atoms with Gasteiger partial charge in [0.15, 0.2) is 0 Å². The SMILES string of the molecule is COC(=O)Cc1c(O)ccc(C#N)c1CCl. The predicted molar refractivity (Wildman–Crippen MR) is 58.1 cm³/mol. The molecule has 0 amide bonds. The Morgan fingerprint density at radius 1 is 1.56 bits per heavy atom. The van der Waals surface area contributed by atoms with Crippen LogP contribution in [0.1, 0.15) is 16.7 Å². The Hall–Kier alpha value is -1.73. The number of ether oxygens (including phenoxy) is 1. The smallest absolute Gasteiger partial charge is 0.310 e. The molecule has 0 saturated carbocycles. The molecule has 0 aliphatic heterocycles. The van der Waals surface area contributed by atoms with Gasteiger partial charge in [-0.15, -0.1) is 11.6 Å². The van der Waals surface area contributed by atoms with Crippen LogP contribution in [0.3, 0.4) is 0 Å².